The lowest BCUT2D eigenvalue weighted by Gasteiger charge is -2.39. The Labute approximate surface area is 136 Å². The number of carbonyl (C=O) groups is 1. The Balaban J connectivity index is 0.00000242. The zero-order valence-electron chi connectivity index (χ0n) is 12.6. The first-order valence-electron chi connectivity index (χ1n) is 7.25. The van der Waals surface area contributed by atoms with Crippen molar-refractivity contribution in [1.82, 2.24) is 4.90 Å². The molecule has 1 amide bonds. The van der Waals surface area contributed by atoms with Crippen molar-refractivity contribution in [2.45, 2.75) is 32.2 Å². The molecule has 0 bridgehead atoms. The second kappa shape index (κ2) is 8.10. The largest absolute Gasteiger partial charge is 0.338 e. The molecule has 1 saturated heterocycles. The Kier molecular flexibility index (Phi) is 6.77. The molecule has 0 aliphatic carbocycles. The second-order valence-corrected chi connectivity index (χ2v) is 5.61. The quantitative estimate of drug-likeness (QED) is 0.677. The van der Waals surface area contributed by atoms with E-state index in [2.05, 4.69) is 6.92 Å². The minimum atomic E-state index is -0.442. The summed E-state index contributed by atoms with van der Waals surface area (Å²) in [6, 6.07) is 6.25. The highest BCUT2D eigenvalue weighted by Gasteiger charge is 2.30. The molecule has 2 rings (SSSR count). The predicted octanol–water partition coefficient (Wildman–Crippen LogP) is 2.14. The maximum Gasteiger partial charge on any atom is 0.269 e. The Bertz CT molecular complexity index is 521. The van der Waals surface area contributed by atoms with Crippen LogP contribution < -0.4 is 5.73 Å². The first kappa shape index (κ1) is 18.4. The smallest absolute Gasteiger partial charge is 0.269 e. The molecule has 1 aromatic carbocycles. The number of carbonyl (C=O) groups excluding carboxylic acids is 1. The Morgan fingerprint density at radius 2 is 2.05 bits per heavy atom. The van der Waals surface area contributed by atoms with E-state index in [1.807, 2.05) is 4.90 Å². The van der Waals surface area contributed by atoms with E-state index in [0.717, 1.165) is 24.9 Å². The number of rotatable bonds is 4. The van der Waals surface area contributed by atoms with E-state index in [1.54, 1.807) is 12.1 Å². The van der Waals surface area contributed by atoms with Gasteiger partial charge in [-0.3, -0.25) is 14.9 Å². The van der Waals surface area contributed by atoms with E-state index in [4.69, 9.17) is 5.73 Å². The van der Waals surface area contributed by atoms with Crippen LogP contribution in [0.1, 0.15) is 25.3 Å². The molecule has 2 N–H and O–H groups in total. The molecular formula is C15H22ClN3O3. The average Bonchev–Trinajstić information content (AvgIpc) is 2.47. The highest BCUT2D eigenvalue weighted by molar-refractivity contribution is 5.85. The van der Waals surface area contributed by atoms with Gasteiger partial charge in [0.2, 0.25) is 5.91 Å². The van der Waals surface area contributed by atoms with Crippen molar-refractivity contribution in [3.05, 3.63) is 39.9 Å². The molecule has 0 radical (unpaired) electrons. The normalized spacial score (nSPS) is 21.1. The summed E-state index contributed by atoms with van der Waals surface area (Å²) >= 11 is 0. The summed E-state index contributed by atoms with van der Waals surface area (Å²) in [5.74, 6) is 0.468. The molecule has 22 heavy (non-hydrogen) atoms. The molecule has 0 saturated carbocycles. The van der Waals surface area contributed by atoms with Gasteiger partial charge in [-0.1, -0.05) is 19.1 Å². The van der Waals surface area contributed by atoms with Crippen molar-refractivity contribution in [2.24, 2.45) is 11.7 Å². The van der Waals surface area contributed by atoms with Gasteiger partial charge in [0.05, 0.1) is 11.3 Å². The van der Waals surface area contributed by atoms with Crippen LogP contribution in [0.15, 0.2) is 24.3 Å². The molecule has 1 aliphatic heterocycles. The monoisotopic (exact) mass is 327 g/mol. The van der Waals surface area contributed by atoms with Crippen LogP contribution >= 0.6 is 12.4 Å². The average molecular weight is 328 g/mol. The summed E-state index contributed by atoms with van der Waals surface area (Å²) in [5.41, 5.74) is 6.63. The van der Waals surface area contributed by atoms with E-state index in [0.29, 0.717) is 12.5 Å². The number of hydrogen-bond acceptors (Lipinski definition) is 4. The van der Waals surface area contributed by atoms with Crippen molar-refractivity contribution in [1.29, 1.82) is 0 Å². The second-order valence-electron chi connectivity index (χ2n) is 5.61. The topological polar surface area (TPSA) is 89.5 Å². The number of amides is 1. The Morgan fingerprint density at radius 1 is 1.41 bits per heavy atom. The first-order chi connectivity index (χ1) is 10.0. The molecular weight excluding hydrogens is 306 g/mol. The summed E-state index contributed by atoms with van der Waals surface area (Å²) in [6.07, 6.45) is 2.37. The molecule has 2 atom stereocenters. The van der Waals surface area contributed by atoms with Crippen LogP contribution in [0.2, 0.25) is 0 Å². The van der Waals surface area contributed by atoms with Gasteiger partial charge >= 0.3 is 0 Å². The number of nitrogens with zero attached hydrogens (tertiary/aromatic N) is 2. The summed E-state index contributed by atoms with van der Waals surface area (Å²) in [4.78, 5) is 24.5. The van der Waals surface area contributed by atoms with Crippen molar-refractivity contribution in [3.8, 4) is 0 Å². The maximum absolute atomic E-state index is 12.4. The van der Waals surface area contributed by atoms with Gasteiger partial charge in [0.25, 0.3) is 5.69 Å². The van der Waals surface area contributed by atoms with Crippen molar-refractivity contribution in [2.75, 3.05) is 13.1 Å². The summed E-state index contributed by atoms with van der Waals surface area (Å²) < 4.78 is 0. The number of hydrogen-bond donors (Lipinski definition) is 1. The number of nitro benzene ring substituents is 1. The van der Waals surface area contributed by atoms with E-state index in [9.17, 15) is 14.9 Å². The van der Waals surface area contributed by atoms with Gasteiger partial charge in [0.1, 0.15) is 0 Å². The van der Waals surface area contributed by atoms with Gasteiger partial charge in [-0.2, -0.15) is 0 Å². The van der Waals surface area contributed by atoms with Gasteiger partial charge < -0.3 is 10.6 Å². The van der Waals surface area contributed by atoms with Crippen LogP contribution in [-0.4, -0.2) is 34.9 Å². The van der Waals surface area contributed by atoms with E-state index < -0.39 is 4.92 Å². The van der Waals surface area contributed by atoms with Gasteiger partial charge in [-0.25, -0.2) is 0 Å². The molecule has 0 aromatic heterocycles. The molecule has 1 heterocycles. The number of nitrogens with two attached hydrogens (primary N) is 1. The zero-order chi connectivity index (χ0) is 15.4. The summed E-state index contributed by atoms with van der Waals surface area (Å²) in [6.45, 7) is 3.36. The summed E-state index contributed by atoms with van der Waals surface area (Å²) in [5, 5.41) is 10.6. The van der Waals surface area contributed by atoms with Crippen LogP contribution in [0.3, 0.4) is 0 Å². The predicted molar refractivity (Wildman–Crippen MR) is 87.0 cm³/mol. The number of non-ortho nitro benzene ring substituents is 1. The molecule has 122 valence electrons. The molecule has 7 heteroatoms. The van der Waals surface area contributed by atoms with E-state index in [1.165, 1.54) is 12.1 Å². The van der Waals surface area contributed by atoms with Crippen molar-refractivity contribution >= 4 is 24.0 Å². The fourth-order valence-corrected chi connectivity index (χ4v) is 2.93. The maximum atomic E-state index is 12.4. The minimum Gasteiger partial charge on any atom is -0.338 e. The third-order valence-electron chi connectivity index (χ3n) is 4.18. The number of halogens is 1. The van der Waals surface area contributed by atoms with Crippen LogP contribution in [0, 0.1) is 16.0 Å². The van der Waals surface area contributed by atoms with Crippen LogP contribution in [0.25, 0.3) is 0 Å². The van der Waals surface area contributed by atoms with E-state index in [-0.39, 0.29) is 36.5 Å². The van der Waals surface area contributed by atoms with Crippen molar-refractivity contribution < 1.29 is 9.72 Å². The Hall–Kier alpha value is -1.66. The number of benzene rings is 1. The minimum absolute atomic E-state index is 0. The van der Waals surface area contributed by atoms with Crippen LogP contribution in [0.4, 0.5) is 5.69 Å². The summed E-state index contributed by atoms with van der Waals surface area (Å²) in [7, 11) is 0. The SMILES string of the molecule is CC1CCCN(C(=O)Cc2ccc([N+](=O)[O-])cc2)C1CN.Cl. The number of likely N-dealkylation sites (tertiary alicyclic amines) is 1. The third kappa shape index (κ3) is 4.18. The molecule has 6 nitrogen and oxygen atoms in total. The molecule has 1 aliphatic rings. The van der Waals surface area contributed by atoms with Crippen LogP contribution in [0.5, 0.6) is 0 Å². The fourth-order valence-electron chi connectivity index (χ4n) is 2.93. The van der Waals surface area contributed by atoms with E-state index >= 15 is 0 Å². The standard InChI is InChI=1S/C15H21N3O3.ClH/c1-11-3-2-8-17(14(11)10-16)15(19)9-12-4-6-13(7-5-12)18(20)21;/h4-7,11,14H,2-3,8-10,16H2,1H3;1H. The van der Waals surface area contributed by atoms with Crippen molar-refractivity contribution in [3.63, 3.8) is 0 Å². The van der Waals surface area contributed by atoms with Gasteiger partial charge in [0.15, 0.2) is 0 Å². The fraction of sp³-hybridized carbons (Fsp3) is 0.533. The number of piperidine rings is 1. The molecule has 1 fully saturated rings. The van der Waals surface area contributed by atoms with Gasteiger partial charge in [-0.15, -0.1) is 12.4 Å². The molecule has 1 aromatic rings. The molecule has 2 unspecified atom stereocenters. The molecule has 0 spiro atoms. The number of nitro groups is 1. The lowest BCUT2D eigenvalue weighted by Crippen LogP contribution is -2.51. The zero-order valence-corrected chi connectivity index (χ0v) is 13.4. The Morgan fingerprint density at radius 3 is 2.59 bits per heavy atom. The lowest BCUT2D eigenvalue weighted by atomic mass is 9.90. The van der Waals surface area contributed by atoms with Crippen LogP contribution in [-0.2, 0) is 11.2 Å². The van der Waals surface area contributed by atoms with Gasteiger partial charge in [-0.05, 0) is 24.3 Å². The van der Waals surface area contributed by atoms with Gasteiger partial charge in [0, 0.05) is 31.3 Å². The lowest BCUT2D eigenvalue weighted by molar-refractivity contribution is -0.384. The first-order valence-corrected chi connectivity index (χ1v) is 7.25. The third-order valence-corrected chi connectivity index (χ3v) is 4.18. The highest BCUT2D eigenvalue weighted by atomic mass is 35.5. The highest BCUT2D eigenvalue weighted by Crippen LogP contribution is 2.23.